The zero-order valence-corrected chi connectivity index (χ0v) is 10.0. The van der Waals surface area contributed by atoms with Gasteiger partial charge in [0.05, 0.1) is 12.8 Å². The molecule has 92 valence electrons. The third-order valence-corrected chi connectivity index (χ3v) is 3.34. The first-order valence-corrected chi connectivity index (χ1v) is 5.81. The first-order chi connectivity index (χ1) is 8.70. The van der Waals surface area contributed by atoms with Gasteiger partial charge in [-0.1, -0.05) is 6.07 Å². The quantitative estimate of drug-likeness (QED) is 0.830. The molecule has 3 rings (SSSR count). The molecule has 18 heavy (non-hydrogen) atoms. The van der Waals surface area contributed by atoms with Gasteiger partial charge in [-0.15, -0.1) is 0 Å². The van der Waals surface area contributed by atoms with Crippen LogP contribution in [0.3, 0.4) is 0 Å². The maximum atomic E-state index is 11.8. The SMILES string of the molecule is COc1cc2c(cc1O)-c1cccc(=O)n1CC2. The van der Waals surface area contributed by atoms with Gasteiger partial charge in [-0.05, 0) is 30.2 Å². The average molecular weight is 243 g/mol. The smallest absolute Gasteiger partial charge is 0.250 e. The molecule has 0 saturated heterocycles. The molecule has 2 heterocycles. The minimum absolute atomic E-state index is 0.00606. The number of methoxy groups -OCH3 is 1. The summed E-state index contributed by atoms with van der Waals surface area (Å²) in [7, 11) is 1.53. The van der Waals surface area contributed by atoms with Gasteiger partial charge in [0.2, 0.25) is 0 Å². The Labute approximate surface area is 104 Å². The fraction of sp³-hybridized carbons (Fsp3) is 0.214. The molecule has 0 bridgehead atoms. The second-order valence-corrected chi connectivity index (χ2v) is 4.33. The zero-order valence-electron chi connectivity index (χ0n) is 10.0. The van der Waals surface area contributed by atoms with Crippen LogP contribution in [-0.2, 0) is 13.0 Å². The van der Waals surface area contributed by atoms with E-state index < -0.39 is 0 Å². The van der Waals surface area contributed by atoms with E-state index in [0.29, 0.717) is 12.3 Å². The highest BCUT2D eigenvalue weighted by molar-refractivity contribution is 5.69. The van der Waals surface area contributed by atoms with Crippen LogP contribution in [0.15, 0.2) is 35.1 Å². The Balaban J connectivity index is 2.28. The Hall–Kier alpha value is -2.23. The molecular formula is C14H13NO3. The van der Waals surface area contributed by atoms with E-state index in [4.69, 9.17) is 4.74 Å². The van der Waals surface area contributed by atoms with Gasteiger partial charge < -0.3 is 14.4 Å². The lowest BCUT2D eigenvalue weighted by molar-refractivity contribution is 0.372. The molecule has 0 radical (unpaired) electrons. The molecule has 0 fully saturated rings. The van der Waals surface area contributed by atoms with E-state index >= 15 is 0 Å². The van der Waals surface area contributed by atoms with Gasteiger partial charge in [0.25, 0.3) is 5.56 Å². The standard InChI is InChI=1S/C14H13NO3/c1-18-13-7-9-5-6-15-11(3-2-4-14(15)17)10(9)8-12(13)16/h2-4,7-8,16H,5-6H2,1H3. The number of rotatable bonds is 1. The molecule has 0 amide bonds. The number of benzene rings is 1. The summed E-state index contributed by atoms with van der Waals surface area (Å²) in [5, 5.41) is 9.85. The molecule has 4 heteroatoms. The van der Waals surface area contributed by atoms with Crippen molar-refractivity contribution >= 4 is 0 Å². The van der Waals surface area contributed by atoms with Crippen molar-refractivity contribution in [1.82, 2.24) is 4.57 Å². The number of nitrogens with zero attached hydrogens (tertiary/aromatic N) is 1. The van der Waals surface area contributed by atoms with Gasteiger partial charge in [0.15, 0.2) is 11.5 Å². The summed E-state index contributed by atoms with van der Waals surface area (Å²) in [6.45, 7) is 0.663. The number of ether oxygens (including phenoxy) is 1. The summed E-state index contributed by atoms with van der Waals surface area (Å²) in [5.41, 5.74) is 2.84. The van der Waals surface area contributed by atoms with Crippen LogP contribution in [0.4, 0.5) is 0 Å². The molecule has 1 N–H and O–H groups in total. The summed E-state index contributed by atoms with van der Waals surface area (Å²) < 4.78 is 6.83. The maximum absolute atomic E-state index is 11.8. The first-order valence-electron chi connectivity index (χ1n) is 5.81. The van der Waals surface area contributed by atoms with Gasteiger partial charge in [0, 0.05) is 18.2 Å². The van der Waals surface area contributed by atoms with Crippen LogP contribution in [0.1, 0.15) is 5.56 Å². The van der Waals surface area contributed by atoms with E-state index in [-0.39, 0.29) is 11.3 Å². The number of hydrogen-bond donors (Lipinski definition) is 1. The zero-order chi connectivity index (χ0) is 12.7. The van der Waals surface area contributed by atoms with Crippen LogP contribution < -0.4 is 10.3 Å². The van der Waals surface area contributed by atoms with E-state index in [1.165, 1.54) is 7.11 Å². The molecule has 1 aromatic heterocycles. The number of phenols is 1. The predicted octanol–water partition coefficient (Wildman–Crippen LogP) is 1.79. The van der Waals surface area contributed by atoms with Crippen molar-refractivity contribution in [2.75, 3.05) is 7.11 Å². The van der Waals surface area contributed by atoms with Crippen LogP contribution in [0.5, 0.6) is 11.5 Å². The number of aromatic hydroxyl groups is 1. The summed E-state index contributed by atoms with van der Waals surface area (Å²) >= 11 is 0. The first kappa shape index (κ1) is 10.9. The van der Waals surface area contributed by atoms with Crippen LogP contribution in [0, 0.1) is 0 Å². The molecular weight excluding hydrogens is 230 g/mol. The second-order valence-electron chi connectivity index (χ2n) is 4.33. The van der Waals surface area contributed by atoms with Crippen LogP contribution in [0.2, 0.25) is 0 Å². The number of pyridine rings is 1. The monoisotopic (exact) mass is 243 g/mol. The molecule has 0 spiro atoms. The Bertz CT molecular complexity index is 673. The highest BCUT2D eigenvalue weighted by Crippen LogP contribution is 2.36. The van der Waals surface area contributed by atoms with Crippen molar-refractivity contribution in [2.24, 2.45) is 0 Å². The number of hydrogen-bond acceptors (Lipinski definition) is 3. The van der Waals surface area contributed by atoms with E-state index in [9.17, 15) is 9.90 Å². The van der Waals surface area contributed by atoms with Crippen molar-refractivity contribution in [3.8, 4) is 22.8 Å². The lowest BCUT2D eigenvalue weighted by Crippen LogP contribution is -2.24. The van der Waals surface area contributed by atoms with E-state index in [1.54, 1.807) is 22.8 Å². The fourth-order valence-electron chi connectivity index (χ4n) is 2.44. The summed E-state index contributed by atoms with van der Waals surface area (Å²) in [6, 6.07) is 8.69. The summed E-state index contributed by atoms with van der Waals surface area (Å²) in [6.07, 6.45) is 0.767. The average Bonchev–Trinajstić information content (AvgIpc) is 2.38. The molecule has 1 aromatic carbocycles. The van der Waals surface area contributed by atoms with Crippen molar-refractivity contribution in [1.29, 1.82) is 0 Å². The Morgan fingerprint density at radius 2 is 2.17 bits per heavy atom. The van der Waals surface area contributed by atoms with Gasteiger partial charge in [-0.3, -0.25) is 4.79 Å². The molecule has 0 atom stereocenters. The van der Waals surface area contributed by atoms with Crippen molar-refractivity contribution in [3.63, 3.8) is 0 Å². The lowest BCUT2D eigenvalue weighted by atomic mass is 9.96. The number of aryl methyl sites for hydroxylation is 1. The minimum Gasteiger partial charge on any atom is -0.504 e. The lowest BCUT2D eigenvalue weighted by Gasteiger charge is -2.22. The highest BCUT2D eigenvalue weighted by Gasteiger charge is 2.18. The summed E-state index contributed by atoms with van der Waals surface area (Å²) in [4.78, 5) is 11.8. The molecule has 0 unspecified atom stereocenters. The molecule has 2 aromatic rings. The third kappa shape index (κ3) is 1.49. The molecule has 0 aliphatic carbocycles. The molecule has 1 aliphatic heterocycles. The minimum atomic E-state index is -0.00606. The topological polar surface area (TPSA) is 51.5 Å². The van der Waals surface area contributed by atoms with Crippen LogP contribution in [-0.4, -0.2) is 16.8 Å². The normalized spacial score (nSPS) is 12.7. The maximum Gasteiger partial charge on any atom is 0.250 e. The Morgan fingerprint density at radius 1 is 1.33 bits per heavy atom. The van der Waals surface area contributed by atoms with Crippen molar-refractivity contribution < 1.29 is 9.84 Å². The van der Waals surface area contributed by atoms with Crippen LogP contribution in [0.25, 0.3) is 11.3 Å². The van der Waals surface area contributed by atoms with E-state index in [0.717, 1.165) is 23.2 Å². The third-order valence-electron chi connectivity index (χ3n) is 3.34. The van der Waals surface area contributed by atoms with Gasteiger partial charge >= 0.3 is 0 Å². The number of fused-ring (bicyclic) bond motifs is 3. The van der Waals surface area contributed by atoms with Gasteiger partial charge in [-0.25, -0.2) is 0 Å². The van der Waals surface area contributed by atoms with Crippen LogP contribution >= 0.6 is 0 Å². The van der Waals surface area contributed by atoms with E-state index in [1.807, 2.05) is 12.1 Å². The van der Waals surface area contributed by atoms with Crippen molar-refractivity contribution in [2.45, 2.75) is 13.0 Å². The Kier molecular flexibility index (Phi) is 2.37. The van der Waals surface area contributed by atoms with Gasteiger partial charge in [-0.2, -0.15) is 0 Å². The number of phenolic OH excluding ortho intramolecular Hbond substituents is 1. The molecule has 1 aliphatic rings. The van der Waals surface area contributed by atoms with Gasteiger partial charge in [0.1, 0.15) is 0 Å². The fourth-order valence-corrected chi connectivity index (χ4v) is 2.44. The summed E-state index contributed by atoms with van der Waals surface area (Å²) in [5.74, 6) is 0.571. The molecule has 4 nitrogen and oxygen atoms in total. The predicted molar refractivity (Wildman–Crippen MR) is 68.1 cm³/mol. The highest BCUT2D eigenvalue weighted by atomic mass is 16.5. The number of aromatic nitrogens is 1. The second kappa shape index (κ2) is 3.91. The van der Waals surface area contributed by atoms with E-state index in [2.05, 4.69) is 0 Å². The largest absolute Gasteiger partial charge is 0.504 e. The molecule has 0 saturated carbocycles. The Morgan fingerprint density at radius 3 is 2.94 bits per heavy atom. The van der Waals surface area contributed by atoms with Crippen molar-refractivity contribution in [3.05, 3.63) is 46.2 Å².